The molecule has 0 aromatic heterocycles. The second kappa shape index (κ2) is 17.0. The molecule has 3 aliphatic rings. The third-order valence-electron chi connectivity index (χ3n) is 10.2. The minimum atomic E-state index is -0.109. The van der Waals surface area contributed by atoms with Gasteiger partial charge in [0.05, 0.1) is 6.42 Å². The zero-order chi connectivity index (χ0) is 31.5. The average Bonchev–Trinajstić information content (AvgIpc) is 3.21. The highest BCUT2D eigenvalue weighted by Crippen LogP contribution is 2.42. The maximum Gasteiger partial charge on any atom is 0.163 e. The SMILES string of the molecule is CCCC(CC1CC(=O)c2c(C)c(/C3=C/C=C\CCCCC3)cc(C3=CCCCCCC=C3)c2C1)C(CC)C(=O)CC(C)=O. The van der Waals surface area contributed by atoms with Crippen molar-refractivity contribution in [3.63, 3.8) is 0 Å². The molecular formula is C41H56O3. The molecule has 0 N–H and O–H groups in total. The standard InChI is InChI=1S/C41H56O3/c1-5-19-34(35(6-2)39(43)24-29(3)42)25-31-26-38-37(33-22-17-13-9-10-14-18-23-33)28-36(30(4)41(38)40(44)27-31)32-20-15-11-7-8-12-16-21-32/h11,15,17,20,22-23,28,31,34-35H,5-10,12-14,16,18-19,21,24-27H2,1-4H3/b15-11-,22-17?,32-20+,33-23?. The molecule has 44 heavy (non-hydrogen) atoms. The van der Waals surface area contributed by atoms with Crippen LogP contribution in [0.5, 0.6) is 0 Å². The Hall–Kier alpha value is -2.81. The molecule has 0 aliphatic heterocycles. The summed E-state index contributed by atoms with van der Waals surface area (Å²) in [4.78, 5) is 39.2. The van der Waals surface area contributed by atoms with Crippen molar-refractivity contribution in [1.29, 1.82) is 0 Å². The topological polar surface area (TPSA) is 51.2 Å². The molecule has 0 radical (unpaired) electrons. The molecule has 3 atom stereocenters. The summed E-state index contributed by atoms with van der Waals surface area (Å²) in [5, 5.41) is 0. The fourth-order valence-corrected chi connectivity index (χ4v) is 8.05. The van der Waals surface area contributed by atoms with E-state index in [2.05, 4.69) is 63.3 Å². The van der Waals surface area contributed by atoms with Gasteiger partial charge in [0, 0.05) is 17.9 Å². The van der Waals surface area contributed by atoms with Crippen molar-refractivity contribution < 1.29 is 14.4 Å². The van der Waals surface area contributed by atoms with Gasteiger partial charge in [-0.2, -0.15) is 0 Å². The van der Waals surface area contributed by atoms with Gasteiger partial charge in [0.15, 0.2) is 5.78 Å². The first-order chi connectivity index (χ1) is 21.3. The molecule has 0 saturated carbocycles. The van der Waals surface area contributed by atoms with Crippen molar-refractivity contribution in [2.75, 3.05) is 0 Å². The Morgan fingerprint density at radius 3 is 2.43 bits per heavy atom. The predicted octanol–water partition coefficient (Wildman–Crippen LogP) is 10.9. The molecule has 238 valence electrons. The zero-order valence-corrected chi connectivity index (χ0v) is 28.0. The van der Waals surface area contributed by atoms with Crippen LogP contribution in [-0.4, -0.2) is 17.3 Å². The van der Waals surface area contributed by atoms with Crippen molar-refractivity contribution in [3.05, 3.63) is 70.3 Å². The number of fused-ring (bicyclic) bond motifs is 1. The van der Waals surface area contributed by atoms with E-state index in [1.807, 2.05) is 0 Å². The third kappa shape index (κ3) is 8.89. The Labute approximate surface area is 267 Å². The van der Waals surface area contributed by atoms with E-state index in [1.54, 1.807) is 0 Å². The minimum Gasteiger partial charge on any atom is -0.300 e. The second-order valence-corrected chi connectivity index (χ2v) is 13.7. The summed E-state index contributed by atoms with van der Waals surface area (Å²) in [5.74, 6) is 0.607. The molecule has 0 spiro atoms. The van der Waals surface area contributed by atoms with E-state index in [-0.39, 0.29) is 41.5 Å². The van der Waals surface area contributed by atoms with Crippen molar-refractivity contribution in [3.8, 4) is 0 Å². The van der Waals surface area contributed by atoms with Gasteiger partial charge in [-0.05, 0) is 136 Å². The average molecular weight is 597 g/mol. The van der Waals surface area contributed by atoms with Gasteiger partial charge in [0.1, 0.15) is 11.6 Å². The fraction of sp³-hybridized carbons (Fsp3) is 0.585. The monoisotopic (exact) mass is 596 g/mol. The number of Topliss-reactive ketones (excluding diaryl/α,β-unsaturated/α-hetero) is 3. The van der Waals surface area contributed by atoms with E-state index >= 15 is 0 Å². The highest BCUT2D eigenvalue weighted by atomic mass is 16.1. The molecule has 0 bridgehead atoms. The normalized spacial score (nSPS) is 22.8. The van der Waals surface area contributed by atoms with Gasteiger partial charge in [-0.1, -0.05) is 76.0 Å². The molecule has 4 rings (SSSR count). The van der Waals surface area contributed by atoms with Gasteiger partial charge in [0.25, 0.3) is 0 Å². The molecular weight excluding hydrogens is 540 g/mol. The Bertz CT molecular complexity index is 1300. The smallest absolute Gasteiger partial charge is 0.163 e. The van der Waals surface area contributed by atoms with Crippen molar-refractivity contribution in [1.82, 2.24) is 0 Å². The molecule has 3 aliphatic carbocycles. The zero-order valence-electron chi connectivity index (χ0n) is 28.0. The van der Waals surface area contributed by atoms with E-state index in [0.717, 1.165) is 68.9 Å². The van der Waals surface area contributed by atoms with Crippen LogP contribution in [0.3, 0.4) is 0 Å². The van der Waals surface area contributed by atoms with Gasteiger partial charge in [-0.15, -0.1) is 0 Å². The highest BCUT2D eigenvalue weighted by Gasteiger charge is 2.35. The summed E-state index contributed by atoms with van der Waals surface area (Å²) in [5.41, 5.74) is 8.44. The quantitative estimate of drug-likeness (QED) is 0.239. The van der Waals surface area contributed by atoms with Crippen molar-refractivity contribution in [2.45, 2.75) is 137 Å². The second-order valence-electron chi connectivity index (χ2n) is 13.7. The Balaban J connectivity index is 1.78. The first-order valence-corrected chi connectivity index (χ1v) is 17.8. The Morgan fingerprint density at radius 1 is 0.932 bits per heavy atom. The largest absolute Gasteiger partial charge is 0.300 e. The first kappa shape index (κ1) is 34.1. The van der Waals surface area contributed by atoms with Crippen molar-refractivity contribution >= 4 is 28.5 Å². The van der Waals surface area contributed by atoms with Crippen LogP contribution in [0.25, 0.3) is 11.1 Å². The van der Waals surface area contributed by atoms with Crippen LogP contribution in [0.1, 0.15) is 156 Å². The number of carbonyl (C=O) groups excluding carboxylic acids is 3. The molecule has 0 heterocycles. The lowest BCUT2D eigenvalue weighted by atomic mass is 9.70. The Kier molecular flexibility index (Phi) is 13.2. The van der Waals surface area contributed by atoms with Gasteiger partial charge < -0.3 is 0 Å². The van der Waals surface area contributed by atoms with Crippen LogP contribution >= 0.6 is 0 Å². The lowest BCUT2D eigenvalue weighted by Crippen LogP contribution is -2.30. The lowest BCUT2D eigenvalue weighted by Gasteiger charge is -2.33. The first-order valence-electron chi connectivity index (χ1n) is 17.8. The molecule has 1 aromatic carbocycles. The molecule has 0 fully saturated rings. The third-order valence-corrected chi connectivity index (χ3v) is 10.2. The van der Waals surface area contributed by atoms with E-state index in [0.29, 0.717) is 6.42 Å². The van der Waals surface area contributed by atoms with Crippen LogP contribution in [0.4, 0.5) is 0 Å². The summed E-state index contributed by atoms with van der Waals surface area (Å²) in [6.45, 7) is 7.94. The van der Waals surface area contributed by atoms with E-state index in [9.17, 15) is 14.4 Å². The number of rotatable bonds is 11. The van der Waals surface area contributed by atoms with E-state index in [4.69, 9.17) is 0 Å². The number of hydrogen-bond acceptors (Lipinski definition) is 3. The maximum absolute atomic E-state index is 14.2. The molecule has 3 unspecified atom stereocenters. The van der Waals surface area contributed by atoms with Gasteiger partial charge in [0.2, 0.25) is 0 Å². The summed E-state index contributed by atoms with van der Waals surface area (Å²) < 4.78 is 0. The van der Waals surface area contributed by atoms with Gasteiger partial charge >= 0.3 is 0 Å². The van der Waals surface area contributed by atoms with Crippen LogP contribution in [0.2, 0.25) is 0 Å². The van der Waals surface area contributed by atoms with Crippen LogP contribution in [-0.2, 0) is 16.0 Å². The number of carbonyl (C=O) groups is 3. The highest BCUT2D eigenvalue weighted by molar-refractivity contribution is 6.03. The lowest BCUT2D eigenvalue weighted by molar-refractivity contribution is -0.129. The van der Waals surface area contributed by atoms with Gasteiger partial charge in [-0.25, -0.2) is 0 Å². The molecule has 0 saturated heterocycles. The summed E-state index contributed by atoms with van der Waals surface area (Å²) in [6.07, 6.45) is 30.6. The van der Waals surface area contributed by atoms with E-state index in [1.165, 1.54) is 73.3 Å². The molecule has 1 aromatic rings. The summed E-state index contributed by atoms with van der Waals surface area (Å²) >= 11 is 0. The number of benzene rings is 1. The van der Waals surface area contributed by atoms with Crippen molar-refractivity contribution in [2.24, 2.45) is 17.8 Å². The number of allylic oxidation sites excluding steroid dienone is 8. The summed E-state index contributed by atoms with van der Waals surface area (Å²) in [6, 6.07) is 2.42. The number of hydrogen-bond donors (Lipinski definition) is 0. The van der Waals surface area contributed by atoms with E-state index < -0.39 is 0 Å². The predicted molar refractivity (Wildman–Crippen MR) is 185 cm³/mol. The molecule has 0 amide bonds. The van der Waals surface area contributed by atoms with Crippen LogP contribution in [0.15, 0.2) is 42.5 Å². The number of ketones is 3. The minimum absolute atomic E-state index is 0.0306. The van der Waals surface area contributed by atoms with Gasteiger partial charge in [-0.3, -0.25) is 14.4 Å². The molecule has 3 heteroatoms. The summed E-state index contributed by atoms with van der Waals surface area (Å²) in [7, 11) is 0. The fourth-order valence-electron chi connectivity index (χ4n) is 8.05. The van der Waals surface area contributed by atoms with Crippen LogP contribution < -0.4 is 0 Å². The van der Waals surface area contributed by atoms with Crippen LogP contribution in [0, 0.1) is 24.7 Å². The molecule has 3 nitrogen and oxygen atoms in total. The Morgan fingerprint density at radius 2 is 1.68 bits per heavy atom. The maximum atomic E-state index is 14.2.